The lowest BCUT2D eigenvalue weighted by Gasteiger charge is -2.33. The number of nitrogens with zero attached hydrogens (tertiary/aromatic N) is 2. The van der Waals surface area contributed by atoms with Gasteiger partial charge in [-0.05, 0) is 109 Å². The molecule has 4 rings (SSSR count). The molecule has 9 heteroatoms. The second kappa shape index (κ2) is 13.0. The molecule has 2 heterocycles. The van der Waals surface area contributed by atoms with Gasteiger partial charge in [0.2, 0.25) is 6.41 Å². The number of benzene rings is 2. The van der Waals surface area contributed by atoms with Crippen molar-refractivity contribution in [1.82, 2.24) is 20.9 Å². The summed E-state index contributed by atoms with van der Waals surface area (Å²) in [4.78, 5) is 18.1. The van der Waals surface area contributed by atoms with Crippen molar-refractivity contribution in [2.24, 2.45) is 4.99 Å². The summed E-state index contributed by atoms with van der Waals surface area (Å²) in [7, 11) is 2.15. The van der Waals surface area contributed by atoms with E-state index in [-0.39, 0.29) is 6.17 Å². The van der Waals surface area contributed by atoms with E-state index in [1.165, 1.54) is 5.56 Å². The number of halogens is 1. The van der Waals surface area contributed by atoms with Crippen LogP contribution in [0.25, 0.3) is 0 Å². The first kappa shape index (κ1) is 27.7. The number of carbonyl (C=O) groups is 1. The summed E-state index contributed by atoms with van der Waals surface area (Å²) in [6, 6.07) is 16.4. The molecule has 1 unspecified atom stereocenters. The van der Waals surface area contributed by atoms with Crippen LogP contribution < -0.4 is 26.0 Å². The van der Waals surface area contributed by atoms with E-state index in [1.54, 1.807) is 6.20 Å². The largest absolute Gasteiger partial charge is 0.457 e. The van der Waals surface area contributed by atoms with Crippen LogP contribution in [0.3, 0.4) is 0 Å². The Hall–Kier alpha value is -3.30. The van der Waals surface area contributed by atoms with E-state index in [0.717, 1.165) is 58.9 Å². The van der Waals surface area contributed by atoms with Gasteiger partial charge < -0.3 is 30.9 Å². The number of nitrogens with one attached hydrogen (secondary N) is 4. The molecular weight excluding hydrogens is 544 g/mol. The van der Waals surface area contributed by atoms with Gasteiger partial charge in [-0.3, -0.25) is 4.79 Å². The number of amides is 1. The molecule has 1 fully saturated rings. The van der Waals surface area contributed by atoms with Crippen LogP contribution in [0.15, 0.2) is 75.5 Å². The molecule has 8 nitrogen and oxygen atoms in total. The normalized spacial score (nSPS) is 19.1. The van der Waals surface area contributed by atoms with Gasteiger partial charge in [-0.25, -0.2) is 4.99 Å². The number of allylic oxidation sites excluding steroid dienone is 1. The fraction of sp³-hybridized carbons (Fsp3) is 0.379. The van der Waals surface area contributed by atoms with Crippen LogP contribution in [0.5, 0.6) is 11.5 Å². The topological polar surface area (TPSA) is 90.0 Å². The first-order valence-electron chi connectivity index (χ1n) is 13.0. The fourth-order valence-electron chi connectivity index (χ4n) is 4.43. The lowest BCUT2D eigenvalue weighted by molar-refractivity contribution is -0.108. The molecule has 1 atom stereocenters. The van der Waals surface area contributed by atoms with E-state index in [1.807, 2.05) is 43.3 Å². The van der Waals surface area contributed by atoms with E-state index < -0.39 is 0 Å². The summed E-state index contributed by atoms with van der Waals surface area (Å²) in [6.45, 7) is 8.48. The second-order valence-electron chi connectivity index (χ2n) is 10.1. The zero-order chi connectivity index (χ0) is 27.1. The number of aliphatic imine (C=N–C) groups is 1. The quantitative estimate of drug-likeness (QED) is 0.303. The number of hydrogen-bond donors (Lipinski definition) is 4. The summed E-state index contributed by atoms with van der Waals surface area (Å²) < 4.78 is 6.77. The zero-order valence-electron chi connectivity index (χ0n) is 22.4. The first-order valence-corrected chi connectivity index (χ1v) is 13.8. The molecule has 202 valence electrons. The maximum Gasteiger partial charge on any atom is 0.211 e. The Balaban J connectivity index is 1.48. The molecule has 0 spiro atoms. The van der Waals surface area contributed by atoms with Crippen molar-refractivity contribution in [3.63, 3.8) is 0 Å². The molecule has 38 heavy (non-hydrogen) atoms. The molecule has 0 saturated carbocycles. The highest BCUT2D eigenvalue weighted by Gasteiger charge is 2.25. The molecule has 2 aromatic carbocycles. The van der Waals surface area contributed by atoms with E-state index >= 15 is 0 Å². The SMILES string of the molecule is CC1=C(/C(Br)=C\NC=O)NC(NC2CCN(C)CC2)=NC1Nc1ccc(Oc2ccc(C(C)C)cc2)cc1. The number of carbonyl (C=O) groups excluding carboxylic acids is 1. The molecule has 1 amide bonds. The molecule has 2 aliphatic heterocycles. The monoisotopic (exact) mass is 580 g/mol. The van der Waals surface area contributed by atoms with E-state index in [4.69, 9.17) is 9.73 Å². The molecule has 4 N–H and O–H groups in total. The van der Waals surface area contributed by atoms with Crippen molar-refractivity contribution < 1.29 is 9.53 Å². The third-order valence-corrected chi connectivity index (χ3v) is 7.45. The van der Waals surface area contributed by atoms with Crippen LogP contribution in [0, 0.1) is 0 Å². The Morgan fingerprint density at radius 2 is 1.71 bits per heavy atom. The lowest BCUT2D eigenvalue weighted by atomic mass is 10.0. The number of hydrogen-bond acceptors (Lipinski definition) is 7. The van der Waals surface area contributed by atoms with Gasteiger partial charge in [0, 0.05) is 17.9 Å². The maximum atomic E-state index is 10.8. The summed E-state index contributed by atoms with van der Waals surface area (Å²) in [5, 5.41) is 13.1. The first-order chi connectivity index (χ1) is 18.3. The Bertz CT molecular complexity index is 1180. The molecular formula is C29H37BrN6O2. The highest BCUT2D eigenvalue weighted by molar-refractivity contribution is 9.12. The van der Waals surface area contributed by atoms with Gasteiger partial charge in [0.25, 0.3) is 0 Å². The average Bonchev–Trinajstić information content (AvgIpc) is 2.91. The molecule has 2 aliphatic rings. The molecule has 0 aliphatic carbocycles. The number of likely N-dealkylation sites (tertiary alicyclic amines) is 1. The van der Waals surface area contributed by atoms with E-state index in [0.29, 0.717) is 24.3 Å². The molecule has 0 radical (unpaired) electrons. The number of piperidine rings is 1. The molecule has 0 aromatic heterocycles. The van der Waals surface area contributed by atoms with Gasteiger partial charge in [-0.15, -0.1) is 0 Å². The van der Waals surface area contributed by atoms with Crippen molar-refractivity contribution in [1.29, 1.82) is 0 Å². The molecule has 2 aromatic rings. The maximum absolute atomic E-state index is 10.8. The zero-order valence-corrected chi connectivity index (χ0v) is 24.0. The molecule has 0 bridgehead atoms. The van der Waals surface area contributed by atoms with Gasteiger partial charge in [-0.2, -0.15) is 0 Å². The van der Waals surface area contributed by atoms with Crippen LogP contribution in [0.4, 0.5) is 5.69 Å². The van der Waals surface area contributed by atoms with Crippen molar-refractivity contribution in [3.05, 3.63) is 76.0 Å². The minimum absolute atomic E-state index is 0.299. The third kappa shape index (κ3) is 7.39. The average molecular weight is 582 g/mol. The minimum atomic E-state index is -0.299. The van der Waals surface area contributed by atoms with Crippen molar-refractivity contribution in [2.75, 3.05) is 25.5 Å². The Kier molecular flexibility index (Phi) is 9.47. The second-order valence-corrected chi connectivity index (χ2v) is 10.9. The number of rotatable bonds is 9. The third-order valence-electron chi connectivity index (χ3n) is 6.82. The summed E-state index contributed by atoms with van der Waals surface area (Å²) >= 11 is 3.59. The van der Waals surface area contributed by atoms with Gasteiger partial charge in [0.15, 0.2) is 5.96 Å². The Labute approximate surface area is 233 Å². The van der Waals surface area contributed by atoms with Crippen molar-refractivity contribution in [2.45, 2.75) is 51.7 Å². The van der Waals surface area contributed by atoms with Crippen LogP contribution in [0.2, 0.25) is 0 Å². The van der Waals surface area contributed by atoms with Gasteiger partial charge >= 0.3 is 0 Å². The van der Waals surface area contributed by atoms with Gasteiger partial charge in [0.1, 0.15) is 17.7 Å². The Morgan fingerprint density at radius 1 is 1.08 bits per heavy atom. The lowest BCUT2D eigenvalue weighted by Crippen LogP contribution is -2.50. The predicted octanol–water partition coefficient (Wildman–Crippen LogP) is 5.24. The van der Waals surface area contributed by atoms with Crippen molar-refractivity contribution >= 4 is 34.0 Å². The highest BCUT2D eigenvalue weighted by atomic mass is 79.9. The minimum Gasteiger partial charge on any atom is -0.457 e. The van der Waals surface area contributed by atoms with Crippen LogP contribution in [0.1, 0.15) is 45.1 Å². The van der Waals surface area contributed by atoms with E-state index in [9.17, 15) is 4.79 Å². The van der Waals surface area contributed by atoms with Crippen LogP contribution in [-0.2, 0) is 4.79 Å². The fourth-order valence-corrected chi connectivity index (χ4v) is 4.98. The van der Waals surface area contributed by atoms with Gasteiger partial charge in [0.05, 0.1) is 10.2 Å². The van der Waals surface area contributed by atoms with Crippen molar-refractivity contribution in [3.8, 4) is 11.5 Å². The predicted molar refractivity (Wildman–Crippen MR) is 158 cm³/mol. The van der Waals surface area contributed by atoms with Gasteiger partial charge in [-0.1, -0.05) is 26.0 Å². The number of ether oxygens (including phenoxy) is 1. The summed E-state index contributed by atoms with van der Waals surface area (Å²) in [5.74, 6) is 2.78. The number of guanidine groups is 1. The standard InChI is InChI=1S/C29H37BrN6O2/c1-19(2)21-5-9-24(10-6-21)38-25-11-7-22(8-12-25)32-28-20(3)27(26(30)17-31-18-37)34-29(35-28)33-23-13-15-36(4)16-14-23/h5-12,17-19,23,28,32H,13-16H2,1-4H3,(H,31,37)(H2,33,34,35)/b26-17+. The Morgan fingerprint density at radius 3 is 2.32 bits per heavy atom. The summed E-state index contributed by atoms with van der Waals surface area (Å²) in [6.07, 6.45) is 4.07. The van der Waals surface area contributed by atoms with E-state index in [2.05, 4.69) is 75.1 Å². The van der Waals surface area contributed by atoms with Crippen LogP contribution in [-0.4, -0.2) is 49.6 Å². The smallest absolute Gasteiger partial charge is 0.211 e. The molecule has 1 saturated heterocycles. The van der Waals surface area contributed by atoms with Crippen LogP contribution >= 0.6 is 15.9 Å². The number of anilines is 1. The summed E-state index contributed by atoms with van der Waals surface area (Å²) in [5.41, 5.74) is 4.05. The highest BCUT2D eigenvalue weighted by Crippen LogP contribution is 2.28.